The van der Waals surface area contributed by atoms with Crippen LogP contribution in [0.3, 0.4) is 0 Å². The third-order valence-electron chi connectivity index (χ3n) is 11.9. The molecule has 2 aliphatic heterocycles. The number of pyridine rings is 1. The van der Waals surface area contributed by atoms with E-state index in [0.717, 1.165) is 61.0 Å². The van der Waals surface area contributed by atoms with E-state index in [0.29, 0.717) is 0 Å². The van der Waals surface area contributed by atoms with Crippen LogP contribution in [0.15, 0.2) is 41.3 Å². The molecule has 2 saturated carbocycles. The summed E-state index contributed by atoms with van der Waals surface area (Å²) in [5, 5.41) is 25.3. The van der Waals surface area contributed by atoms with E-state index in [1.54, 1.807) is 0 Å². The topological polar surface area (TPSA) is 286 Å². The van der Waals surface area contributed by atoms with Gasteiger partial charge in [0.25, 0.3) is 0 Å². The molecule has 21 heteroatoms. The van der Waals surface area contributed by atoms with Crippen molar-refractivity contribution in [1.29, 1.82) is 0 Å². The highest BCUT2D eigenvalue weighted by molar-refractivity contribution is 5.91. The molecule has 21 nitrogen and oxygen atoms in total. The van der Waals surface area contributed by atoms with Crippen molar-refractivity contribution in [2.24, 2.45) is 11.3 Å². The highest BCUT2D eigenvalue weighted by atomic mass is 16.7. The number of rotatable bonds is 8. The Morgan fingerprint density at radius 3 is 2.00 bits per heavy atom. The quantitative estimate of drug-likeness (QED) is 0.275. The van der Waals surface area contributed by atoms with Gasteiger partial charge in [-0.15, -0.1) is 0 Å². The summed E-state index contributed by atoms with van der Waals surface area (Å²) >= 11 is 0. The van der Waals surface area contributed by atoms with Crippen LogP contribution in [-0.4, -0.2) is 135 Å². The molecule has 1 unspecified atom stereocenters. The Balaban J connectivity index is 1.79. The van der Waals surface area contributed by atoms with E-state index in [9.17, 15) is 48.6 Å². The Morgan fingerprint density at radius 2 is 1.42 bits per heavy atom. The van der Waals surface area contributed by atoms with Gasteiger partial charge >= 0.3 is 47.8 Å². The number of hydrogen-bond donors (Lipinski definition) is 2. The molecule has 1 spiro atoms. The number of ether oxygens (including phenoxy) is 9. The Morgan fingerprint density at radius 1 is 0.806 bits per heavy atom. The lowest BCUT2D eigenvalue weighted by Gasteiger charge is -2.67. The first-order valence-corrected chi connectivity index (χ1v) is 19.5. The first-order valence-electron chi connectivity index (χ1n) is 19.5. The van der Waals surface area contributed by atoms with E-state index >= 15 is 0 Å². The number of hydrogen-bond acceptors (Lipinski definition) is 21. The fraction of sp³-hybridized carbons (Fsp3) is 0.585. The van der Waals surface area contributed by atoms with Gasteiger partial charge in [0.1, 0.15) is 48.3 Å². The van der Waals surface area contributed by atoms with Crippen molar-refractivity contribution in [2.75, 3.05) is 13.2 Å². The number of furan rings is 1. The molecule has 2 aromatic heterocycles. The average Bonchev–Trinajstić information content (AvgIpc) is 3.79. The zero-order valence-electron chi connectivity index (χ0n) is 35.0. The van der Waals surface area contributed by atoms with Crippen LogP contribution in [-0.2, 0) is 77.8 Å². The van der Waals surface area contributed by atoms with Crippen molar-refractivity contribution in [3.63, 3.8) is 0 Å². The molecule has 4 heterocycles. The highest BCUT2D eigenvalue weighted by Crippen LogP contribution is 2.70. The fourth-order valence-corrected chi connectivity index (χ4v) is 9.53. The van der Waals surface area contributed by atoms with Crippen LogP contribution >= 0.6 is 0 Å². The van der Waals surface area contributed by atoms with E-state index in [2.05, 4.69) is 4.98 Å². The maximum atomic E-state index is 14.4. The summed E-state index contributed by atoms with van der Waals surface area (Å²) in [6, 6.07) is 3.99. The summed E-state index contributed by atoms with van der Waals surface area (Å²) in [6.07, 6.45) is -10.1. The van der Waals surface area contributed by atoms with Gasteiger partial charge in [0, 0.05) is 40.8 Å². The van der Waals surface area contributed by atoms with Crippen molar-refractivity contribution in [2.45, 2.75) is 127 Å². The fourth-order valence-electron chi connectivity index (χ4n) is 9.53. The number of cyclic esters (lactones) is 1. The molecule has 2 aromatic rings. The molecule has 6 rings (SSSR count). The first kappa shape index (κ1) is 45.6. The van der Waals surface area contributed by atoms with Gasteiger partial charge in [-0.1, -0.05) is 0 Å². The van der Waals surface area contributed by atoms with E-state index in [-0.39, 0.29) is 23.2 Å². The van der Waals surface area contributed by atoms with Gasteiger partial charge in [-0.3, -0.25) is 29.0 Å². The molecular weight excluding hydrogens is 826 g/mol. The minimum absolute atomic E-state index is 0.0776. The molecule has 0 radical (unpaired) electrons. The van der Waals surface area contributed by atoms with Crippen molar-refractivity contribution >= 4 is 47.8 Å². The number of esters is 8. The summed E-state index contributed by atoms with van der Waals surface area (Å²) in [6.45, 7) is 6.25. The number of aromatic nitrogens is 1. The van der Waals surface area contributed by atoms with Crippen molar-refractivity contribution in [3.8, 4) is 0 Å². The molecule has 4 aliphatic rings. The van der Waals surface area contributed by atoms with Crippen molar-refractivity contribution < 1.29 is 95.6 Å². The average molecular weight is 874 g/mol. The monoisotopic (exact) mass is 873 g/mol. The molecular formula is C41H47NO20. The van der Waals surface area contributed by atoms with E-state index in [1.807, 2.05) is 0 Å². The SMILES string of the molecule is CC(=O)OC[C@]12[C@H](OC(C)=O)C(OC(C)=O)[C@@H]3[C@@H](OC(C)=O)[C@@]14O[C@@]3(C)COC(=O)c1cccnc1CC[C@](C)(O)C(=O)O[C@@H]([C@H](OC(=O)c1ccoc1)[C@@H]2OC(C)=O)[C@]4(C)O. The van der Waals surface area contributed by atoms with Gasteiger partial charge in [0.2, 0.25) is 0 Å². The van der Waals surface area contributed by atoms with Gasteiger partial charge in [-0.05, 0) is 51.8 Å². The lowest BCUT2D eigenvalue weighted by Crippen LogP contribution is -2.89. The number of fused-ring (bicyclic) bond motifs is 5. The third-order valence-corrected chi connectivity index (χ3v) is 11.9. The Bertz CT molecular complexity index is 2150. The highest BCUT2D eigenvalue weighted by Gasteiger charge is 2.92. The second-order valence-corrected chi connectivity index (χ2v) is 16.4. The van der Waals surface area contributed by atoms with E-state index in [4.69, 9.17) is 47.0 Å². The Kier molecular flexibility index (Phi) is 12.1. The van der Waals surface area contributed by atoms with Crippen LogP contribution in [0.25, 0.3) is 0 Å². The maximum Gasteiger partial charge on any atom is 0.341 e. The minimum atomic E-state index is -3.00. The minimum Gasteiger partial charge on any atom is -0.472 e. The standard InChI is InChI=1S/C41H47NO20/c1-19(43)54-18-40-32(58-22(4)46)28(56-20(2)44)27-30(57-21(3)45)41(40)39(8,52)31(29(33(40)59-23(5)47)60-34(48)24-12-15-53-16-24)61-36(50)37(6,51)13-11-26-25(10-9-14-42-26)35(49)55-17-38(27,7)62-41/h9-10,12,14-16,27-33,51-52H,11,13,17-18H2,1-8H3/t27-,28?,29+,30-,31+,32-,33+,37+,38+,39+,40-,41+/m1/s1. The van der Waals surface area contributed by atoms with Crippen LogP contribution in [0.5, 0.6) is 0 Å². The molecule has 1 saturated heterocycles. The van der Waals surface area contributed by atoms with Crippen LogP contribution < -0.4 is 0 Å². The molecule has 3 fully saturated rings. The van der Waals surface area contributed by atoms with E-state index < -0.39 is 138 Å². The smallest absolute Gasteiger partial charge is 0.341 e. The summed E-state index contributed by atoms with van der Waals surface area (Å²) in [4.78, 5) is 113. The van der Waals surface area contributed by atoms with Crippen LogP contribution in [0.2, 0.25) is 0 Å². The number of carbonyl (C=O) groups excluding carboxylic acids is 8. The molecule has 2 N–H and O–H groups in total. The van der Waals surface area contributed by atoms with E-state index in [1.165, 1.54) is 31.3 Å². The zero-order valence-corrected chi connectivity index (χ0v) is 35.0. The summed E-state index contributed by atoms with van der Waals surface area (Å²) in [7, 11) is 0. The lowest BCUT2D eigenvalue weighted by atomic mass is 9.45. The second kappa shape index (κ2) is 16.4. The van der Waals surface area contributed by atoms with Gasteiger partial charge < -0.3 is 57.3 Å². The van der Waals surface area contributed by atoms with Gasteiger partial charge in [-0.25, -0.2) is 14.4 Å². The summed E-state index contributed by atoms with van der Waals surface area (Å²) in [5.41, 5.74) is -13.5. The number of carbonyl (C=O) groups is 8. The zero-order chi connectivity index (χ0) is 45.7. The van der Waals surface area contributed by atoms with Crippen LogP contribution in [0.1, 0.15) is 88.2 Å². The normalized spacial score (nSPS) is 36.3. The molecule has 4 bridgehead atoms. The molecule has 336 valence electrons. The van der Waals surface area contributed by atoms with Crippen molar-refractivity contribution in [1.82, 2.24) is 4.98 Å². The largest absolute Gasteiger partial charge is 0.472 e. The third kappa shape index (κ3) is 7.54. The molecule has 2 aliphatic carbocycles. The Labute approximate surface area is 353 Å². The number of aryl methyl sites for hydroxylation is 1. The lowest BCUT2D eigenvalue weighted by molar-refractivity contribution is -0.386. The summed E-state index contributed by atoms with van der Waals surface area (Å²) < 4.78 is 59.6. The Hall–Kier alpha value is -5.93. The molecule has 12 atom stereocenters. The molecule has 0 amide bonds. The number of nitrogens with zero attached hydrogens (tertiary/aromatic N) is 1. The molecule has 0 aromatic carbocycles. The predicted molar refractivity (Wildman–Crippen MR) is 199 cm³/mol. The number of aliphatic hydroxyl groups is 2. The van der Waals surface area contributed by atoms with Crippen molar-refractivity contribution in [3.05, 3.63) is 53.7 Å². The second-order valence-electron chi connectivity index (χ2n) is 16.4. The van der Waals surface area contributed by atoms with Crippen LogP contribution in [0.4, 0.5) is 0 Å². The van der Waals surface area contributed by atoms with Gasteiger partial charge in [0.15, 0.2) is 35.6 Å². The molecule has 62 heavy (non-hydrogen) atoms. The first-order chi connectivity index (χ1) is 28.9. The van der Waals surface area contributed by atoms with Gasteiger partial charge in [-0.2, -0.15) is 0 Å². The van der Waals surface area contributed by atoms with Gasteiger partial charge in [0.05, 0.1) is 29.0 Å². The van der Waals surface area contributed by atoms with Crippen LogP contribution in [0, 0.1) is 11.3 Å². The predicted octanol–water partition coefficient (Wildman–Crippen LogP) is 0.864. The summed E-state index contributed by atoms with van der Waals surface area (Å²) in [5.74, 6) is -10.7. The maximum absolute atomic E-state index is 14.4.